The number of halogens is 5. The molecular formula is C11H9BrClF3O2. The number of rotatable bonds is 4. The Labute approximate surface area is 115 Å². The molecular weight excluding hydrogens is 336 g/mol. The molecule has 0 aromatic heterocycles. The molecule has 0 aliphatic heterocycles. The summed E-state index contributed by atoms with van der Waals surface area (Å²) < 4.78 is 40.2. The Morgan fingerprint density at radius 1 is 1.44 bits per heavy atom. The van der Waals surface area contributed by atoms with Gasteiger partial charge in [-0.1, -0.05) is 22.0 Å². The topological polar surface area (TPSA) is 26.3 Å². The van der Waals surface area contributed by atoms with Gasteiger partial charge in [0, 0.05) is 5.88 Å². The second-order valence-corrected chi connectivity index (χ2v) is 4.75. The Hall–Kier alpha value is -0.750. The molecule has 0 fully saturated rings. The molecule has 0 heterocycles. The van der Waals surface area contributed by atoms with E-state index in [1.165, 1.54) is 13.0 Å². The summed E-state index contributed by atoms with van der Waals surface area (Å²) in [6, 6.07) is 3.89. The highest BCUT2D eigenvalue weighted by Crippen LogP contribution is 2.31. The van der Waals surface area contributed by atoms with E-state index in [0.29, 0.717) is 11.1 Å². The summed E-state index contributed by atoms with van der Waals surface area (Å²) in [5.74, 6) is -0.583. The first-order chi connectivity index (χ1) is 8.23. The lowest BCUT2D eigenvalue weighted by Crippen LogP contribution is -2.17. The Morgan fingerprint density at radius 2 is 2.06 bits per heavy atom. The van der Waals surface area contributed by atoms with E-state index in [1.54, 1.807) is 6.07 Å². The van der Waals surface area contributed by atoms with Gasteiger partial charge in [0.25, 0.3) is 0 Å². The summed E-state index contributed by atoms with van der Waals surface area (Å²) in [6.07, 6.45) is -4.78. The van der Waals surface area contributed by atoms with E-state index in [9.17, 15) is 18.0 Å². The molecule has 1 aromatic carbocycles. The number of hydrogen-bond acceptors (Lipinski definition) is 2. The van der Waals surface area contributed by atoms with Gasteiger partial charge in [0.2, 0.25) is 0 Å². The Bertz CT molecular complexity index is 448. The summed E-state index contributed by atoms with van der Waals surface area (Å²) in [6.45, 7) is 1.33. The van der Waals surface area contributed by atoms with Crippen LogP contribution in [0.5, 0.6) is 5.75 Å². The minimum absolute atomic E-state index is 0.0275. The van der Waals surface area contributed by atoms with Crippen molar-refractivity contribution in [3.63, 3.8) is 0 Å². The first-order valence-corrected chi connectivity index (χ1v) is 6.28. The number of ketones is 1. The molecule has 0 saturated heterocycles. The van der Waals surface area contributed by atoms with Crippen molar-refractivity contribution in [3.8, 4) is 5.75 Å². The smallest absolute Gasteiger partial charge is 0.406 e. The molecule has 0 N–H and O–H groups in total. The van der Waals surface area contributed by atoms with Crippen LogP contribution in [-0.4, -0.2) is 12.1 Å². The fourth-order valence-corrected chi connectivity index (χ4v) is 1.76. The van der Waals surface area contributed by atoms with E-state index in [0.717, 1.165) is 6.07 Å². The van der Waals surface area contributed by atoms with E-state index in [1.807, 2.05) is 0 Å². The fourth-order valence-electron chi connectivity index (χ4n) is 1.34. The molecule has 0 aliphatic carbocycles. The molecule has 0 aliphatic rings. The summed E-state index contributed by atoms with van der Waals surface area (Å²) in [4.78, 5) is 10.5. The number of benzene rings is 1. The van der Waals surface area contributed by atoms with Crippen molar-refractivity contribution in [3.05, 3.63) is 29.3 Å². The summed E-state index contributed by atoms with van der Waals surface area (Å²) in [7, 11) is 0. The van der Waals surface area contributed by atoms with Crippen LogP contribution >= 0.6 is 27.5 Å². The van der Waals surface area contributed by atoms with Gasteiger partial charge in [-0.3, -0.25) is 4.79 Å². The molecule has 1 atom stereocenters. The number of Topliss-reactive ketones (excluding diaryl/α,β-unsaturated/α-hetero) is 1. The molecule has 0 radical (unpaired) electrons. The Balaban J connectivity index is 3.13. The van der Waals surface area contributed by atoms with Gasteiger partial charge in [0.15, 0.2) is 0 Å². The van der Waals surface area contributed by atoms with Gasteiger partial charge in [0.05, 0.1) is 4.83 Å². The molecule has 1 aromatic rings. The molecule has 0 bridgehead atoms. The minimum atomic E-state index is -4.78. The minimum Gasteiger partial charge on any atom is -0.406 e. The number of carbonyl (C=O) groups is 1. The van der Waals surface area contributed by atoms with Crippen LogP contribution in [0.2, 0.25) is 0 Å². The van der Waals surface area contributed by atoms with Gasteiger partial charge in [0.1, 0.15) is 11.5 Å². The standard InChI is InChI=1S/C11H9BrClF3O2/c1-6(17)10(12)8-2-7(5-13)3-9(4-8)18-11(14,15)16/h2-4,10H,5H2,1H3. The molecule has 100 valence electrons. The van der Waals surface area contributed by atoms with Crippen molar-refractivity contribution < 1.29 is 22.7 Å². The highest BCUT2D eigenvalue weighted by molar-refractivity contribution is 9.09. The van der Waals surface area contributed by atoms with Crippen LogP contribution in [0.25, 0.3) is 0 Å². The van der Waals surface area contributed by atoms with Gasteiger partial charge in [-0.15, -0.1) is 24.8 Å². The van der Waals surface area contributed by atoms with Crippen LogP contribution < -0.4 is 4.74 Å². The molecule has 1 unspecified atom stereocenters. The summed E-state index contributed by atoms with van der Waals surface area (Å²) in [5, 5.41) is 0. The van der Waals surface area contributed by atoms with Crippen LogP contribution in [0.3, 0.4) is 0 Å². The molecule has 2 nitrogen and oxygen atoms in total. The van der Waals surface area contributed by atoms with Crippen LogP contribution in [-0.2, 0) is 10.7 Å². The van der Waals surface area contributed by atoms with Gasteiger partial charge in [-0.25, -0.2) is 0 Å². The van der Waals surface area contributed by atoms with Crippen LogP contribution in [0.1, 0.15) is 22.9 Å². The molecule has 0 amide bonds. The molecule has 1 rings (SSSR count). The van der Waals surface area contributed by atoms with E-state index in [2.05, 4.69) is 20.7 Å². The van der Waals surface area contributed by atoms with E-state index in [4.69, 9.17) is 11.6 Å². The number of alkyl halides is 5. The van der Waals surface area contributed by atoms with Gasteiger partial charge < -0.3 is 4.74 Å². The maximum atomic E-state index is 12.1. The Morgan fingerprint density at radius 3 is 2.50 bits per heavy atom. The lowest BCUT2D eigenvalue weighted by molar-refractivity contribution is -0.274. The van der Waals surface area contributed by atoms with Gasteiger partial charge >= 0.3 is 6.36 Å². The van der Waals surface area contributed by atoms with Crippen LogP contribution in [0.4, 0.5) is 13.2 Å². The summed E-state index contributed by atoms with van der Waals surface area (Å²) in [5.41, 5.74) is 0.819. The highest BCUT2D eigenvalue weighted by atomic mass is 79.9. The zero-order valence-corrected chi connectivity index (χ0v) is 11.6. The quantitative estimate of drug-likeness (QED) is 0.758. The van der Waals surface area contributed by atoms with Gasteiger partial charge in [-0.05, 0) is 30.2 Å². The third-order valence-electron chi connectivity index (χ3n) is 2.03. The van der Waals surface area contributed by atoms with Crippen molar-refractivity contribution in [2.75, 3.05) is 0 Å². The molecule has 18 heavy (non-hydrogen) atoms. The second-order valence-electron chi connectivity index (χ2n) is 3.56. The number of hydrogen-bond donors (Lipinski definition) is 0. The van der Waals surface area contributed by atoms with E-state index in [-0.39, 0.29) is 17.4 Å². The number of ether oxygens (including phenoxy) is 1. The van der Waals surface area contributed by atoms with Crippen LogP contribution in [0, 0.1) is 0 Å². The zero-order valence-electron chi connectivity index (χ0n) is 9.22. The van der Waals surface area contributed by atoms with Crippen molar-refractivity contribution in [1.29, 1.82) is 0 Å². The SMILES string of the molecule is CC(=O)C(Br)c1cc(CCl)cc(OC(F)(F)F)c1. The van der Waals surface area contributed by atoms with Crippen molar-refractivity contribution in [2.45, 2.75) is 24.0 Å². The first kappa shape index (κ1) is 15.3. The molecule has 0 saturated carbocycles. The zero-order chi connectivity index (χ0) is 13.9. The lowest BCUT2D eigenvalue weighted by Gasteiger charge is -2.13. The largest absolute Gasteiger partial charge is 0.573 e. The predicted molar refractivity (Wildman–Crippen MR) is 65.0 cm³/mol. The maximum Gasteiger partial charge on any atom is 0.573 e. The average Bonchev–Trinajstić information content (AvgIpc) is 2.24. The highest BCUT2D eigenvalue weighted by Gasteiger charge is 2.31. The maximum absolute atomic E-state index is 12.1. The van der Waals surface area contributed by atoms with E-state index >= 15 is 0 Å². The van der Waals surface area contributed by atoms with Crippen LogP contribution in [0.15, 0.2) is 18.2 Å². The second kappa shape index (κ2) is 5.93. The third-order valence-corrected chi connectivity index (χ3v) is 3.51. The molecule has 7 heteroatoms. The predicted octanol–water partition coefficient (Wildman–Crippen LogP) is 4.35. The van der Waals surface area contributed by atoms with Crippen molar-refractivity contribution in [1.82, 2.24) is 0 Å². The van der Waals surface area contributed by atoms with Crippen molar-refractivity contribution >= 4 is 33.3 Å². The lowest BCUT2D eigenvalue weighted by atomic mass is 10.1. The third kappa shape index (κ3) is 4.49. The Kier molecular flexibility index (Phi) is 5.04. The normalized spacial score (nSPS) is 13.2. The number of carbonyl (C=O) groups excluding carboxylic acids is 1. The monoisotopic (exact) mass is 344 g/mol. The van der Waals surface area contributed by atoms with E-state index < -0.39 is 11.2 Å². The van der Waals surface area contributed by atoms with Gasteiger partial charge in [-0.2, -0.15) is 0 Å². The average molecular weight is 346 g/mol. The molecule has 0 spiro atoms. The fraction of sp³-hybridized carbons (Fsp3) is 0.364. The van der Waals surface area contributed by atoms with Crippen molar-refractivity contribution in [2.24, 2.45) is 0 Å². The summed E-state index contributed by atoms with van der Waals surface area (Å²) >= 11 is 8.69. The first-order valence-electron chi connectivity index (χ1n) is 4.83.